The van der Waals surface area contributed by atoms with Crippen LogP contribution in [-0.2, 0) is 9.59 Å². The summed E-state index contributed by atoms with van der Waals surface area (Å²) in [6.07, 6.45) is 1.82. The Labute approximate surface area is 172 Å². The molecule has 2 aliphatic rings. The molecule has 1 aliphatic heterocycles. The van der Waals surface area contributed by atoms with Gasteiger partial charge in [0.05, 0.1) is 12.8 Å². The van der Waals surface area contributed by atoms with E-state index in [0.29, 0.717) is 5.13 Å². The Morgan fingerprint density at radius 3 is 2.66 bits per heavy atom. The zero-order chi connectivity index (χ0) is 20.8. The molecule has 0 spiro atoms. The van der Waals surface area contributed by atoms with Crippen molar-refractivity contribution >= 4 is 34.3 Å². The number of amides is 4. The molecule has 1 atom stereocenters. The normalized spacial score (nSPS) is 21.3. The van der Waals surface area contributed by atoms with Gasteiger partial charge < -0.3 is 15.4 Å². The predicted molar refractivity (Wildman–Crippen MR) is 109 cm³/mol. The van der Waals surface area contributed by atoms with Gasteiger partial charge in [-0.3, -0.25) is 14.5 Å². The van der Waals surface area contributed by atoms with E-state index in [2.05, 4.69) is 15.6 Å². The van der Waals surface area contributed by atoms with Gasteiger partial charge in [-0.05, 0) is 56.9 Å². The van der Waals surface area contributed by atoms with Gasteiger partial charge in [0, 0.05) is 10.4 Å². The van der Waals surface area contributed by atoms with E-state index in [-0.39, 0.29) is 18.4 Å². The monoisotopic (exact) mass is 414 g/mol. The number of nitrogens with zero attached hydrogens (tertiary/aromatic N) is 2. The highest BCUT2D eigenvalue weighted by Crippen LogP contribution is 2.42. The smallest absolute Gasteiger partial charge is 0.325 e. The second-order valence-corrected chi connectivity index (χ2v) is 8.70. The van der Waals surface area contributed by atoms with Crippen molar-refractivity contribution < 1.29 is 19.1 Å². The lowest BCUT2D eigenvalue weighted by Gasteiger charge is -2.20. The van der Waals surface area contributed by atoms with Crippen LogP contribution in [0, 0.1) is 12.8 Å². The molecule has 29 heavy (non-hydrogen) atoms. The maximum atomic E-state index is 12.6. The number of carbonyl (C=O) groups is 3. The summed E-state index contributed by atoms with van der Waals surface area (Å²) in [7, 11) is 1.61. The van der Waals surface area contributed by atoms with Crippen molar-refractivity contribution in [1.82, 2.24) is 15.2 Å². The van der Waals surface area contributed by atoms with Crippen LogP contribution in [0.2, 0.25) is 0 Å². The van der Waals surface area contributed by atoms with Gasteiger partial charge in [-0.15, -0.1) is 11.3 Å². The molecule has 2 N–H and O–H groups in total. The molecule has 1 saturated heterocycles. The van der Waals surface area contributed by atoms with Gasteiger partial charge in [-0.25, -0.2) is 9.78 Å². The van der Waals surface area contributed by atoms with Gasteiger partial charge in [0.25, 0.3) is 5.91 Å². The lowest BCUT2D eigenvalue weighted by Crippen LogP contribution is -2.46. The number of thiazole rings is 1. The average Bonchev–Trinajstić information content (AvgIpc) is 3.46. The first kappa shape index (κ1) is 19.4. The fourth-order valence-electron chi connectivity index (χ4n) is 3.57. The largest absolute Gasteiger partial charge is 0.497 e. The number of aryl methyl sites for hydroxylation is 1. The van der Waals surface area contributed by atoms with Gasteiger partial charge in [0.2, 0.25) is 5.91 Å². The number of ether oxygens (including phenoxy) is 1. The summed E-state index contributed by atoms with van der Waals surface area (Å²) in [6, 6.07) is 6.98. The number of hydrogen-bond acceptors (Lipinski definition) is 6. The summed E-state index contributed by atoms with van der Waals surface area (Å²) in [6.45, 7) is 3.32. The van der Waals surface area contributed by atoms with Gasteiger partial charge in [-0.2, -0.15) is 0 Å². The molecule has 152 valence electrons. The maximum Gasteiger partial charge on any atom is 0.325 e. The van der Waals surface area contributed by atoms with Crippen molar-refractivity contribution in [1.29, 1.82) is 0 Å². The van der Waals surface area contributed by atoms with Crippen LogP contribution in [0.4, 0.5) is 9.93 Å². The third kappa shape index (κ3) is 3.57. The molecule has 1 saturated carbocycles. The van der Waals surface area contributed by atoms with Crippen LogP contribution in [0.5, 0.6) is 5.75 Å². The highest BCUT2D eigenvalue weighted by atomic mass is 32.1. The molecular formula is C20H22N4O4S. The summed E-state index contributed by atoms with van der Waals surface area (Å²) >= 11 is 1.34. The van der Waals surface area contributed by atoms with Crippen molar-refractivity contribution in [3.8, 4) is 17.0 Å². The molecule has 0 bridgehead atoms. The zero-order valence-corrected chi connectivity index (χ0v) is 17.3. The number of anilines is 1. The van der Waals surface area contributed by atoms with Crippen LogP contribution >= 0.6 is 11.3 Å². The molecule has 8 nitrogen and oxygen atoms in total. The summed E-state index contributed by atoms with van der Waals surface area (Å²) in [4.78, 5) is 43.7. The van der Waals surface area contributed by atoms with E-state index < -0.39 is 17.5 Å². The molecule has 1 aromatic heterocycles. The van der Waals surface area contributed by atoms with Crippen molar-refractivity contribution in [2.24, 2.45) is 5.92 Å². The second-order valence-electron chi connectivity index (χ2n) is 7.50. The van der Waals surface area contributed by atoms with Gasteiger partial charge in [0.15, 0.2) is 5.13 Å². The quantitative estimate of drug-likeness (QED) is 0.708. The number of aromatic nitrogens is 1. The number of rotatable bonds is 6. The molecule has 9 heteroatoms. The minimum absolute atomic E-state index is 0.153. The molecular weight excluding hydrogens is 392 g/mol. The Kier molecular flexibility index (Phi) is 4.77. The molecule has 0 unspecified atom stereocenters. The van der Waals surface area contributed by atoms with Crippen LogP contribution in [0.15, 0.2) is 24.3 Å². The summed E-state index contributed by atoms with van der Waals surface area (Å²) in [5.41, 5.74) is 0.787. The average molecular weight is 414 g/mol. The van der Waals surface area contributed by atoms with E-state index in [1.165, 1.54) is 11.3 Å². The van der Waals surface area contributed by atoms with Gasteiger partial charge >= 0.3 is 6.03 Å². The van der Waals surface area contributed by atoms with Crippen molar-refractivity contribution in [3.63, 3.8) is 0 Å². The zero-order valence-electron chi connectivity index (χ0n) is 16.4. The Morgan fingerprint density at radius 1 is 1.34 bits per heavy atom. The minimum Gasteiger partial charge on any atom is -0.497 e. The summed E-state index contributed by atoms with van der Waals surface area (Å²) in [5, 5.41) is 5.87. The third-order valence-electron chi connectivity index (χ3n) is 5.40. The van der Waals surface area contributed by atoms with Crippen LogP contribution in [-0.4, -0.2) is 46.9 Å². The second kappa shape index (κ2) is 7.14. The third-order valence-corrected chi connectivity index (χ3v) is 6.29. The van der Waals surface area contributed by atoms with Crippen molar-refractivity contribution in [3.05, 3.63) is 29.1 Å². The standard InChI is InChI=1S/C20H22N4O4S/c1-11-16(12-4-8-14(28-3)9-5-12)22-18(29-11)21-15(25)10-24-17(26)20(2,13-6-7-13)23-19(24)27/h4-5,8-9,13H,6-7,10H2,1-3H3,(H,23,27)(H,21,22,25)/t20-/m1/s1. The number of nitrogens with one attached hydrogen (secondary N) is 2. The van der Waals surface area contributed by atoms with Gasteiger partial charge in [-0.1, -0.05) is 0 Å². The lowest BCUT2D eigenvalue weighted by molar-refractivity contribution is -0.134. The fourth-order valence-corrected chi connectivity index (χ4v) is 4.42. The van der Waals surface area contributed by atoms with E-state index >= 15 is 0 Å². The van der Waals surface area contributed by atoms with E-state index in [9.17, 15) is 14.4 Å². The van der Waals surface area contributed by atoms with Crippen molar-refractivity contribution in [2.75, 3.05) is 19.0 Å². The predicted octanol–water partition coefficient (Wildman–Crippen LogP) is 2.79. The first-order valence-electron chi connectivity index (χ1n) is 9.37. The molecule has 4 rings (SSSR count). The molecule has 2 aromatic rings. The molecule has 2 fully saturated rings. The van der Waals surface area contributed by atoms with E-state index in [1.54, 1.807) is 14.0 Å². The van der Waals surface area contributed by atoms with Gasteiger partial charge in [0.1, 0.15) is 17.8 Å². The SMILES string of the molecule is COc1ccc(-c2nc(NC(=O)CN3C(=O)N[C@](C)(C4CC4)C3=O)sc2C)cc1. The Bertz CT molecular complexity index is 983. The maximum absolute atomic E-state index is 12.6. The van der Waals surface area contributed by atoms with Crippen LogP contribution in [0.25, 0.3) is 11.3 Å². The van der Waals surface area contributed by atoms with Crippen LogP contribution < -0.4 is 15.4 Å². The van der Waals surface area contributed by atoms with E-state index in [4.69, 9.17) is 4.74 Å². The molecule has 1 aromatic carbocycles. The highest BCUT2D eigenvalue weighted by Gasteiger charge is 2.56. The number of benzene rings is 1. The van der Waals surface area contributed by atoms with E-state index in [1.807, 2.05) is 31.2 Å². The molecule has 2 heterocycles. The highest BCUT2D eigenvalue weighted by molar-refractivity contribution is 7.16. The first-order chi connectivity index (χ1) is 13.8. The Hall–Kier alpha value is -2.94. The summed E-state index contributed by atoms with van der Waals surface area (Å²) < 4.78 is 5.17. The lowest BCUT2D eigenvalue weighted by atomic mass is 9.96. The molecule has 1 aliphatic carbocycles. The first-order valence-corrected chi connectivity index (χ1v) is 10.2. The topological polar surface area (TPSA) is 101 Å². The van der Waals surface area contributed by atoms with Crippen LogP contribution in [0.3, 0.4) is 0 Å². The number of imide groups is 1. The van der Waals surface area contributed by atoms with E-state index in [0.717, 1.165) is 39.6 Å². The Balaban J connectivity index is 1.44. The van der Waals surface area contributed by atoms with Crippen LogP contribution in [0.1, 0.15) is 24.6 Å². The number of carbonyl (C=O) groups excluding carboxylic acids is 3. The fraction of sp³-hybridized carbons (Fsp3) is 0.400. The number of urea groups is 1. The van der Waals surface area contributed by atoms with Crippen molar-refractivity contribution in [2.45, 2.75) is 32.2 Å². The Morgan fingerprint density at radius 2 is 2.03 bits per heavy atom. The number of hydrogen-bond donors (Lipinski definition) is 2. The molecule has 0 radical (unpaired) electrons. The summed E-state index contributed by atoms with van der Waals surface area (Å²) in [5.74, 6) is 0.112. The molecule has 4 amide bonds. The minimum atomic E-state index is -0.892. The number of methoxy groups -OCH3 is 1.